The van der Waals surface area contributed by atoms with E-state index in [-0.39, 0.29) is 6.54 Å². The van der Waals surface area contributed by atoms with Crippen molar-refractivity contribution in [1.29, 1.82) is 0 Å². The van der Waals surface area contributed by atoms with Crippen LogP contribution in [0.3, 0.4) is 0 Å². The van der Waals surface area contributed by atoms with Gasteiger partial charge in [0, 0.05) is 24.5 Å². The van der Waals surface area contributed by atoms with Crippen LogP contribution >= 0.6 is 0 Å². The molecule has 1 aromatic rings. The predicted molar refractivity (Wildman–Crippen MR) is 53.2 cm³/mol. The van der Waals surface area contributed by atoms with Crippen LogP contribution in [0.15, 0.2) is 18.5 Å². The van der Waals surface area contributed by atoms with Crippen LogP contribution in [0.2, 0.25) is 0 Å². The van der Waals surface area contributed by atoms with Gasteiger partial charge >= 0.3 is 6.18 Å². The van der Waals surface area contributed by atoms with E-state index in [1.165, 1.54) is 10.8 Å². The summed E-state index contributed by atoms with van der Waals surface area (Å²) in [5, 5.41) is 0. The van der Waals surface area contributed by atoms with E-state index in [0.29, 0.717) is 0 Å². The Bertz CT molecular complexity index is 437. The van der Waals surface area contributed by atoms with Crippen LogP contribution < -0.4 is 5.73 Å². The molecule has 0 aromatic carbocycles. The predicted octanol–water partition coefficient (Wildman–Crippen LogP) is 1.35. The highest BCUT2D eigenvalue weighted by Crippen LogP contribution is 2.21. The summed E-state index contributed by atoms with van der Waals surface area (Å²) < 4.78 is 37.6. The van der Waals surface area contributed by atoms with E-state index in [0.717, 1.165) is 12.3 Å². The van der Waals surface area contributed by atoms with E-state index in [1.807, 2.05) is 0 Å². The highest BCUT2D eigenvalue weighted by Gasteiger charge is 2.39. The maximum Gasteiger partial charge on any atom is 0.454 e. The summed E-state index contributed by atoms with van der Waals surface area (Å²) in [6, 6.07) is 1.06. The van der Waals surface area contributed by atoms with E-state index < -0.39 is 29.3 Å². The third kappa shape index (κ3) is 3.33. The van der Waals surface area contributed by atoms with Crippen LogP contribution in [0, 0.1) is 5.92 Å². The first-order chi connectivity index (χ1) is 7.71. The summed E-state index contributed by atoms with van der Waals surface area (Å²) in [5.41, 5.74) is 4.57. The maximum atomic E-state index is 12.1. The average molecular weight is 248 g/mol. The number of rotatable bonds is 4. The molecule has 1 aromatic heterocycles. The number of primary amides is 1. The number of carbonyl (C=O) groups is 2. The molecular formula is C10H11F3N2O2. The van der Waals surface area contributed by atoms with Gasteiger partial charge in [-0.15, -0.1) is 0 Å². The van der Waals surface area contributed by atoms with E-state index in [4.69, 9.17) is 5.73 Å². The van der Waals surface area contributed by atoms with Crippen LogP contribution in [-0.2, 0) is 11.3 Å². The molecule has 0 saturated carbocycles. The Morgan fingerprint density at radius 1 is 1.47 bits per heavy atom. The van der Waals surface area contributed by atoms with Gasteiger partial charge in [-0.3, -0.25) is 9.59 Å². The lowest BCUT2D eigenvalue weighted by Gasteiger charge is -2.07. The second-order valence-electron chi connectivity index (χ2n) is 3.73. The average Bonchev–Trinajstić information content (AvgIpc) is 2.63. The number of carbonyl (C=O) groups excluding carboxylic acids is 2. The van der Waals surface area contributed by atoms with Gasteiger partial charge in [0.2, 0.25) is 5.91 Å². The fraction of sp³-hybridized carbons (Fsp3) is 0.400. The van der Waals surface area contributed by atoms with Gasteiger partial charge < -0.3 is 10.3 Å². The third-order valence-electron chi connectivity index (χ3n) is 2.24. The number of amides is 1. The third-order valence-corrected chi connectivity index (χ3v) is 2.24. The largest absolute Gasteiger partial charge is 0.454 e. The highest BCUT2D eigenvalue weighted by atomic mass is 19.4. The summed E-state index contributed by atoms with van der Waals surface area (Å²) in [6.45, 7) is 1.69. The molecule has 0 aliphatic heterocycles. The molecule has 1 atom stereocenters. The van der Waals surface area contributed by atoms with Gasteiger partial charge in [0.05, 0.1) is 5.92 Å². The number of halogens is 3. The van der Waals surface area contributed by atoms with Crippen molar-refractivity contribution in [3.8, 4) is 0 Å². The van der Waals surface area contributed by atoms with E-state index in [1.54, 1.807) is 6.92 Å². The number of nitrogens with two attached hydrogens (primary N) is 1. The molecule has 0 bridgehead atoms. The summed E-state index contributed by atoms with van der Waals surface area (Å²) in [5.74, 6) is -2.97. The number of nitrogens with zero attached hydrogens (tertiary/aromatic N) is 1. The summed E-state index contributed by atoms with van der Waals surface area (Å²) in [7, 11) is 0. The van der Waals surface area contributed by atoms with Crippen molar-refractivity contribution in [2.24, 2.45) is 11.7 Å². The van der Waals surface area contributed by atoms with Gasteiger partial charge in [0.25, 0.3) is 5.78 Å². The normalized spacial score (nSPS) is 13.4. The van der Waals surface area contributed by atoms with Crippen molar-refractivity contribution >= 4 is 11.7 Å². The zero-order chi connectivity index (χ0) is 13.2. The molecule has 0 fully saturated rings. The number of hydrogen-bond acceptors (Lipinski definition) is 2. The second kappa shape index (κ2) is 4.60. The Morgan fingerprint density at radius 3 is 2.53 bits per heavy atom. The molecule has 0 spiro atoms. The maximum absolute atomic E-state index is 12.1. The summed E-state index contributed by atoms with van der Waals surface area (Å²) >= 11 is 0. The van der Waals surface area contributed by atoms with Crippen LogP contribution in [-0.4, -0.2) is 22.4 Å². The van der Waals surface area contributed by atoms with Crippen LogP contribution in [0.1, 0.15) is 17.3 Å². The van der Waals surface area contributed by atoms with Crippen LogP contribution in [0.4, 0.5) is 13.2 Å². The molecule has 0 radical (unpaired) electrons. The first-order valence-electron chi connectivity index (χ1n) is 4.78. The molecule has 0 saturated heterocycles. The molecule has 0 aliphatic rings. The standard InChI is InChI=1S/C10H11F3N2O2/c1-6(9(14)17)4-15-3-2-7(5-15)8(16)10(11,12)13/h2-3,5-6H,4H2,1H3,(H2,14,17). The zero-order valence-corrected chi connectivity index (χ0v) is 8.99. The van der Waals surface area contributed by atoms with Gasteiger partial charge in [-0.1, -0.05) is 6.92 Å². The Balaban J connectivity index is 2.79. The lowest BCUT2D eigenvalue weighted by Crippen LogP contribution is -2.24. The molecule has 4 nitrogen and oxygen atoms in total. The lowest BCUT2D eigenvalue weighted by molar-refractivity contribution is -0.121. The Labute approximate surface area is 95.2 Å². The Kier molecular flexibility index (Phi) is 3.59. The molecule has 1 unspecified atom stereocenters. The number of alkyl halides is 3. The Morgan fingerprint density at radius 2 is 2.06 bits per heavy atom. The Hall–Kier alpha value is -1.79. The quantitative estimate of drug-likeness (QED) is 0.817. The van der Waals surface area contributed by atoms with Gasteiger partial charge in [0.15, 0.2) is 0 Å². The minimum atomic E-state index is -4.89. The van der Waals surface area contributed by atoms with Crippen molar-refractivity contribution in [3.63, 3.8) is 0 Å². The summed E-state index contributed by atoms with van der Waals surface area (Å²) in [6.07, 6.45) is -2.53. The van der Waals surface area contributed by atoms with Crippen molar-refractivity contribution in [2.45, 2.75) is 19.6 Å². The molecule has 94 valence electrons. The van der Waals surface area contributed by atoms with Gasteiger partial charge in [0.1, 0.15) is 0 Å². The molecule has 0 aliphatic carbocycles. The molecule has 7 heteroatoms. The molecule has 1 rings (SSSR count). The monoisotopic (exact) mass is 248 g/mol. The van der Waals surface area contributed by atoms with Crippen LogP contribution in [0.25, 0.3) is 0 Å². The van der Waals surface area contributed by atoms with Crippen LogP contribution in [0.5, 0.6) is 0 Å². The van der Waals surface area contributed by atoms with Gasteiger partial charge in [-0.25, -0.2) is 0 Å². The first kappa shape index (κ1) is 13.3. The van der Waals surface area contributed by atoms with E-state index in [2.05, 4.69) is 0 Å². The fourth-order valence-electron chi connectivity index (χ4n) is 1.26. The molecule has 17 heavy (non-hydrogen) atoms. The molecule has 1 heterocycles. The minimum Gasteiger partial charge on any atom is -0.369 e. The first-order valence-corrected chi connectivity index (χ1v) is 4.78. The zero-order valence-electron chi connectivity index (χ0n) is 8.99. The summed E-state index contributed by atoms with van der Waals surface area (Å²) in [4.78, 5) is 21.6. The number of Topliss-reactive ketones (excluding diaryl/α,β-unsaturated/α-hetero) is 1. The molecular weight excluding hydrogens is 237 g/mol. The molecule has 1 amide bonds. The van der Waals surface area contributed by atoms with Crippen molar-refractivity contribution in [3.05, 3.63) is 24.0 Å². The SMILES string of the molecule is CC(Cn1ccc(C(=O)C(F)(F)F)c1)C(N)=O. The number of aromatic nitrogens is 1. The number of ketones is 1. The fourth-order valence-corrected chi connectivity index (χ4v) is 1.26. The molecule has 2 N–H and O–H groups in total. The topological polar surface area (TPSA) is 65.1 Å². The van der Waals surface area contributed by atoms with Crippen molar-refractivity contribution in [1.82, 2.24) is 4.57 Å². The van der Waals surface area contributed by atoms with Crippen molar-refractivity contribution < 1.29 is 22.8 Å². The van der Waals surface area contributed by atoms with Gasteiger partial charge in [-0.05, 0) is 6.07 Å². The number of hydrogen-bond donors (Lipinski definition) is 1. The van der Waals surface area contributed by atoms with E-state index >= 15 is 0 Å². The minimum absolute atomic E-state index is 0.139. The smallest absolute Gasteiger partial charge is 0.369 e. The van der Waals surface area contributed by atoms with Gasteiger partial charge in [-0.2, -0.15) is 13.2 Å². The second-order valence-corrected chi connectivity index (χ2v) is 3.73. The van der Waals surface area contributed by atoms with E-state index in [9.17, 15) is 22.8 Å². The lowest BCUT2D eigenvalue weighted by atomic mass is 10.2. The highest BCUT2D eigenvalue weighted by molar-refractivity contribution is 6.00. The van der Waals surface area contributed by atoms with Crippen molar-refractivity contribution in [2.75, 3.05) is 0 Å².